The van der Waals surface area contributed by atoms with Crippen LogP contribution in [0.15, 0.2) is 23.3 Å². The number of hydrogen-bond donors (Lipinski definition) is 0. The molecule has 0 bridgehead atoms. The number of fused-ring (bicyclic) bond motifs is 1. The molecular weight excluding hydrogens is 272 g/mol. The van der Waals surface area contributed by atoms with Crippen LogP contribution in [-0.2, 0) is 17.9 Å². The zero-order valence-electron chi connectivity index (χ0n) is 11.9. The van der Waals surface area contributed by atoms with Crippen LogP contribution in [0.4, 0.5) is 0 Å². The van der Waals surface area contributed by atoms with Crippen molar-refractivity contribution in [1.29, 1.82) is 0 Å². The molecule has 0 saturated carbocycles. The lowest BCUT2D eigenvalue weighted by Crippen LogP contribution is -2.43. The lowest BCUT2D eigenvalue weighted by Gasteiger charge is -2.32. The van der Waals surface area contributed by atoms with Gasteiger partial charge in [-0.15, -0.1) is 10.2 Å². The minimum Gasteiger partial charge on any atom is -0.332 e. The largest absolute Gasteiger partial charge is 0.347 e. The fraction of sp³-hybridized carbons (Fsp3) is 0.462. The molecule has 0 saturated heterocycles. The Hall–Kier alpha value is -2.51. The van der Waals surface area contributed by atoms with Crippen LogP contribution >= 0.6 is 0 Å². The summed E-state index contributed by atoms with van der Waals surface area (Å²) >= 11 is 0. The molecular formula is C13H16N6O2. The highest BCUT2D eigenvalue weighted by Gasteiger charge is 2.28. The highest BCUT2D eigenvalue weighted by Crippen LogP contribution is 2.21. The first kappa shape index (κ1) is 13.5. The molecule has 1 unspecified atom stereocenters. The van der Waals surface area contributed by atoms with Gasteiger partial charge in [-0.2, -0.15) is 0 Å². The highest BCUT2D eigenvalue weighted by atomic mass is 16.2. The summed E-state index contributed by atoms with van der Waals surface area (Å²) < 4.78 is 3.34. The molecule has 110 valence electrons. The first-order valence-corrected chi connectivity index (χ1v) is 6.76. The Morgan fingerprint density at radius 1 is 1.43 bits per heavy atom. The van der Waals surface area contributed by atoms with Gasteiger partial charge in [0.2, 0.25) is 5.91 Å². The Bertz CT molecular complexity index is 734. The van der Waals surface area contributed by atoms with Crippen LogP contribution in [0.25, 0.3) is 0 Å². The van der Waals surface area contributed by atoms with E-state index in [9.17, 15) is 9.59 Å². The normalized spacial score (nSPS) is 17.6. The van der Waals surface area contributed by atoms with Crippen molar-refractivity contribution in [1.82, 2.24) is 29.2 Å². The second-order valence-electron chi connectivity index (χ2n) is 5.19. The van der Waals surface area contributed by atoms with E-state index in [2.05, 4.69) is 15.2 Å². The lowest BCUT2D eigenvalue weighted by molar-refractivity contribution is -0.134. The summed E-state index contributed by atoms with van der Waals surface area (Å²) in [5.41, 5.74) is -0.421. The molecule has 0 radical (unpaired) electrons. The molecule has 8 heteroatoms. The number of hydrogen-bond acceptors (Lipinski definition) is 5. The van der Waals surface area contributed by atoms with Crippen LogP contribution < -0.4 is 5.69 Å². The lowest BCUT2D eigenvalue weighted by atomic mass is 10.2. The number of aryl methyl sites for hydroxylation is 1. The van der Waals surface area contributed by atoms with Crippen molar-refractivity contribution in [2.24, 2.45) is 0 Å². The minimum absolute atomic E-state index is 0.00743. The van der Waals surface area contributed by atoms with Gasteiger partial charge >= 0.3 is 5.69 Å². The number of aromatic nitrogens is 5. The molecule has 1 amide bonds. The van der Waals surface area contributed by atoms with E-state index < -0.39 is 5.69 Å². The third-order valence-electron chi connectivity index (χ3n) is 3.64. The second-order valence-corrected chi connectivity index (χ2v) is 5.19. The van der Waals surface area contributed by atoms with Crippen molar-refractivity contribution >= 4 is 5.91 Å². The van der Waals surface area contributed by atoms with Crippen LogP contribution in [0, 0.1) is 6.92 Å². The molecule has 21 heavy (non-hydrogen) atoms. The summed E-state index contributed by atoms with van der Waals surface area (Å²) in [6.07, 6.45) is 2.98. The summed E-state index contributed by atoms with van der Waals surface area (Å²) in [6.45, 7) is 4.92. The van der Waals surface area contributed by atoms with Gasteiger partial charge in [0.1, 0.15) is 12.4 Å². The molecule has 2 aromatic rings. The van der Waals surface area contributed by atoms with Crippen LogP contribution in [0.5, 0.6) is 0 Å². The third kappa shape index (κ3) is 2.44. The first-order chi connectivity index (χ1) is 10.1. The van der Waals surface area contributed by atoms with Gasteiger partial charge in [-0.05, 0) is 19.9 Å². The Morgan fingerprint density at radius 3 is 3.00 bits per heavy atom. The summed E-state index contributed by atoms with van der Waals surface area (Å²) in [7, 11) is 0. The third-order valence-corrected chi connectivity index (χ3v) is 3.64. The van der Waals surface area contributed by atoms with Gasteiger partial charge < -0.3 is 9.47 Å². The predicted molar refractivity (Wildman–Crippen MR) is 73.4 cm³/mol. The van der Waals surface area contributed by atoms with E-state index in [0.717, 1.165) is 11.6 Å². The predicted octanol–water partition coefficient (Wildman–Crippen LogP) is -0.253. The van der Waals surface area contributed by atoms with Gasteiger partial charge in [0.15, 0.2) is 5.82 Å². The number of amides is 1. The van der Waals surface area contributed by atoms with Gasteiger partial charge in [0.05, 0.1) is 12.6 Å². The topological polar surface area (TPSA) is 85.9 Å². The van der Waals surface area contributed by atoms with Crippen LogP contribution in [0.2, 0.25) is 0 Å². The van der Waals surface area contributed by atoms with Crippen molar-refractivity contribution in [3.8, 4) is 0 Å². The Kier molecular flexibility index (Phi) is 3.28. The zero-order valence-corrected chi connectivity index (χ0v) is 11.9. The van der Waals surface area contributed by atoms with Crippen molar-refractivity contribution in [3.63, 3.8) is 0 Å². The molecule has 0 spiro atoms. The van der Waals surface area contributed by atoms with E-state index in [1.54, 1.807) is 17.2 Å². The van der Waals surface area contributed by atoms with E-state index in [1.807, 2.05) is 18.4 Å². The molecule has 1 aliphatic heterocycles. The maximum atomic E-state index is 12.4. The Balaban J connectivity index is 1.78. The highest BCUT2D eigenvalue weighted by molar-refractivity contribution is 5.76. The van der Waals surface area contributed by atoms with Crippen molar-refractivity contribution < 1.29 is 4.79 Å². The smallest absolute Gasteiger partial charge is 0.332 e. The molecule has 0 aromatic carbocycles. The molecule has 2 aromatic heterocycles. The maximum absolute atomic E-state index is 12.4. The van der Waals surface area contributed by atoms with Gasteiger partial charge in [0, 0.05) is 18.9 Å². The van der Waals surface area contributed by atoms with Gasteiger partial charge in [-0.1, -0.05) is 0 Å². The van der Waals surface area contributed by atoms with Crippen molar-refractivity contribution in [2.75, 3.05) is 6.54 Å². The molecule has 0 fully saturated rings. The Labute approximate surface area is 121 Å². The van der Waals surface area contributed by atoms with E-state index in [0.29, 0.717) is 13.1 Å². The molecule has 3 rings (SSSR count). The van der Waals surface area contributed by atoms with E-state index in [4.69, 9.17) is 0 Å². The van der Waals surface area contributed by atoms with E-state index in [-0.39, 0.29) is 18.5 Å². The maximum Gasteiger partial charge on any atom is 0.347 e. The zero-order chi connectivity index (χ0) is 15.0. The SMILES string of the molecule is Cc1nnc2n1C(C)CN(C(=O)Cn1cccnc1=O)C2. The molecule has 1 atom stereocenters. The number of nitrogens with zero attached hydrogens (tertiary/aromatic N) is 6. The molecule has 0 N–H and O–H groups in total. The first-order valence-electron chi connectivity index (χ1n) is 6.76. The minimum atomic E-state index is -0.421. The van der Waals surface area contributed by atoms with Crippen LogP contribution in [0.1, 0.15) is 24.6 Å². The van der Waals surface area contributed by atoms with Crippen molar-refractivity contribution in [2.45, 2.75) is 33.0 Å². The summed E-state index contributed by atoms with van der Waals surface area (Å²) in [5, 5.41) is 8.15. The standard InChI is InChI=1S/C13H16N6O2/c1-9-6-18(7-11-16-15-10(2)19(9)11)12(20)8-17-5-3-4-14-13(17)21/h3-5,9H,6-8H2,1-2H3. The average molecular weight is 288 g/mol. The number of rotatable bonds is 2. The molecule has 8 nitrogen and oxygen atoms in total. The fourth-order valence-corrected chi connectivity index (χ4v) is 2.67. The average Bonchev–Trinajstić information content (AvgIpc) is 2.83. The number of carbonyl (C=O) groups is 1. The second kappa shape index (κ2) is 5.12. The summed E-state index contributed by atoms with van der Waals surface area (Å²) in [6, 6.07) is 1.76. The summed E-state index contributed by atoms with van der Waals surface area (Å²) in [4.78, 5) is 29.3. The fourth-order valence-electron chi connectivity index (χ4n) is 2.67. The van der Waals surface area contributed by atoms with E-state index >= 15 is 0 Å². The van der Waals surface area contributed by atoms with Gasteiger partial charge in [0.25, 0.3) is 0 Å². The van der Waals surface area contributed by atoms with Crippen molar-refractivity contribution in [3.05, 3.63) is 40.6 Å². The monoisotopic (exact) mass is 288 g/mol. The van der Waals surface area contributed by atoms with Gasteiger partial charge in [-0.25, -0.2) is 9.78 Å². The summed E-state index contributed by atoms with van der Waals surface area (Å²) in [5.74, 6) is 1.51. The van der Waals surface area contributed by atoms with Gasteiger partial charge in [-0.3, -0.25) is 9.36 Å². The Morgan fingerprint density at radius 2 is 2.24 bits per heavy atom. The number of carbonyl (C=O) groups excluding carboxylic acids is 1. The molecule has 3 heterocycles. The molecule has 0 aliphatic carbocycles. The quantitative estimate of drug-likeness (QED) is 0.760. The van der Waals surface area contributed by atoms with Crippen LogP contribution in [-0.4, -0.2) is 41.7 Å². The van der Waals surface area contributed by atoms with E-state index in [1.165, 1.54) is 10.8 Å². The molecule has 1 aliphatic rings. The van der Waals surface area contributed by atoms with Crippen LogP contribution in [0.3, 0.4) is 0 Å².